The van der Waals surface area contributed by atoms with Crippen LogP contribution in [0, 0.1) is 0 Å². The Morgan fingerprint density at radius 1 is 1.40 bits per heavy atom. The van der Waals surface area contributed by atoms with E-state index in [1.165, 1.54) is 5.56 Å². The lowest BCUT2D eigenvalue weighted by Gasteiger charge is -2.34. The van der Waals surface area contributed by atoms with E-state index in [4.69, 9.17) is 0 Å². The van der Waals surface area contributed by atoms with E-state index in [0.29, 0.717) is 12.0 Å². The molecule has 0 saturated heterocycles. The summed E-state index contributed by atoms with van der Waals surface area (Å²) in [5, 5.41) is 18.5. The average molecular weight is 341 g/mol. The first-order valence-corrected chi connectivity index (χ1v) is 9.11. The number of nitrogens with one attached hydrogen (secondary N) is 1. The summed E-state index contributed by atoms with van der Waals surface area (Å²) in [4.78, 5) is 12.7. The summed E-state index contributed by atoms with van der Waals surface area (Å²) in [5.41, 5.74) is 2.52. The molecular weight excluding hydrogens is 314 g/mol. The summed E-state index contributed by atoms with van der Waals surface area (Å²) in [7, 11) is 0. The molecule has 1 unspecified atom stereocenters. The van der Waals surface area contributed by atoms with Crippen LogP contribution < -0.4 is 5.32 Å². The van der Waals surface area contributed by atoms with Crippen molar-refractivity contribution in [2.45, 2.75) is 58.1 Å². The summed E-state index contributed by atoms with van der Waals surface area (Å²) in [5.74, 6) is 0.00641. The number of fused-ring (bicyclic) bond motifs is 1. The molecule has 1 aliphatic rings. The smallest absolute Gasteiger partial charge is 0.254 e. The van der Waals surface area contributed by atoms with Gasteiger partial charge < -0.3 is 10.4 Å². The lowest BCUT2D eigenvalue weighted by atomic mass is 9.79. The fourth-order valence-corrected chi connectivity index (χ4v) is 3.60. The molecule has 0 spiro atoms. The van der Waals surface area contributed by atoms with Crippen molar-refractivity contribution in [2.75, 3.05) is 6.54 Å². The zero-order chi connectivity index (χ0) is 18.0. The minimum atomic E-state index is -0.997. The first-order chi connectivity index (χ1) is 11.9. The fourth-order valence-electron chi connectivity index (χ4n) is 3.60. The number of hydrogen-bond donors (Lipinski definition) is 2. The molecule has 1 atom stereocenters. The Morgan fingerprint density at radius 2 is 2.16 bits per heavy atom. The van der Waals surface area contributed by atoms with Crippen molar-refractivity contribution in [1.82, 2.24) is 15.1 Å². The third-order valence-corrected chi connectivity index (χ3v) is 5.00. The number of carbonyl (C=O) groups is 1. The van der Waals surface area contributed by atoms with Crippen LogP contribution in [0.4, 0.5) is 0 Å². The van der Waals surface area contributed by atoms with Gasteiger partial charge in [0, 0.05) is 12.7 Å². The number of aromatic nitrogens is 2. The summed E-state index contributed by atoms with van der Waals surface area (Å²) in [6.07, 6.45) is 4.36. The Labute approximate surface area is 149 Å². The maximum atomic E-state index is 12.7. The molecule has 1 aromatic carbocycles. The van der Waals surface area contributed by atoms with Gasteiger partial charge in [-0.05, 0) is 43.2 Å². The minimum Gasteiger partial charge on any atom is -0.383 e. The predicted molar refractivity (Wildman–Crippen MR) is 97.6 cm³/mol. The van der Waals surface area contributed by atoms with Crippen LogP contribution in [0.2, 0.25) is 0 Å². The highest BCUT2D eigenvalue weighted by molar-refractivity contribution is 5.95. The molecule has 0 saturated carbocycles. The molecule has 2 aromatic rings. The molecule has 5 heteroatoms. The third-order valence-electron chi connectivity index (χ3n) is 5.00. The van der Waals surface area contributed by atoms with Gasteiger partial charge in [0.2, 0.25) is 0 Å². The molecule has 0 bridgehead atoms. The van der Waals surface area contributed by atoms with Crippen LogP contribution >= 0.6 is 0 Å². The molecule has 0 fully saturated rings. The number of benzene rings is 1. The van der Waals surface area contributed by atoms with E-state index in [0.717, 1.165) is 30.6 Å². The van der Waals surface area contributed by atoms with Crippen molar-refractivity contribution in [3.05, 3.63) is 52.8 Å². The molecule has 25 heavy (non-hydrogen) atoms. The van der Waals surface area contributed by atoms with E-state index in [1.807, 2.05) is 39.0 Å². The summed E-state index contributed by atoms with van der Waals surface area (Å²) < 4.78 is 1.79. The topological polar surface area (TPSA) is 67.2 Å². The Hall–Kier alpha value is -2.14. The zero-order valence-corrected chi connectivity index (χ0v) is 15.2. The second-order valence-corrected chi connectivity index (χ2v) is 7.16. The second kappa shape index (κ2) is 7.00. The van der Waals surface area contributed by atoms with Gasteiger partial charge in [-0.25, -0.2) is 0 Å². The van der Waals surface area contributed by atoms with Gasteiger partial charge in [-0.1, -0.05) is 38.1 Å². The quantitative estimate of drug-likeness (QED) is 0.878. The Kier molecular flexibility index (Phi) is 4.95. The lowest BCUT2D eigenvalue weighted by Crippen LogP contribution is -2.43. The van der Waals surface area contributed by atoms with Crippen molar-refractivity contribution in [3.8, 4) is 0 Å². The lowest BCUT2D eigenvalue weighted by molar-refractivity contribution is 0.0189. The van der Waals surface area contributed by atoms with Gasteiger partial charge in [-0.3, -0.25) is 9.48 Å². The Morgan fingerprint density at radius 3 is 2.88 bits per heavy atom. The average Bonchev–Trinajstić information content (AvgIpc) is 3.05. The molecule has 1 heterocycles. The number of nitrogens with zero attached hydrogens (tertiary/aromatic N) is 2. The molecule has 1 aliphatic carbocycles. The number of hydrogen-bond acceptors (Lipinski definition) is 3. The Balaban J connectivity index is 1.78. The first-order valence-electron chi connectivity index (χ1n) is 9.11. The monoisotopic (exact) mass is 341 g/mol. The van der Waals surface area contributed by atoms with Gasteiger partial charge in [0.05, 0.1) is 17.8 Å². The first kappa shape index (κ1) is 17.7. The van der Waals surface area contributed by atoms with Crippen LogP contribution in [-0.4, -0.2) is 27.3 Å². The molecule has 0 radical (unpaired) electrons. The highest BCUT2D eigenvalue weighted by Gasteiger charge is 2.34. The van der Waals surface area contributed by atoms with Gasteiger partial charge in [0.25, 0.3) is 5.91 Å². The van der Waals surface area contributed by atoms with Gasteiger partial charge in [0.1, 0.15) is 5.60 Å². The highest BCUT2D eigenvalue weighted by atomic mass is 16.3. The third kappa shape index (κ3) is 3.47. The highest BCUT2D eigenvalue weighted by Crippen LogP contribution is 2.34. The van der Waals surface area contributed by atoms with Crippen molar-refractivity contribution in [3.63, 3.8) is 0 Å². The number of rotatable bonds is 5. The molecular formula is C20H27N3O2. The molecule has 3 rings (SSSR count). The van der Waals surface area contributed by atoms with Crippen LogP contribution in [0.1, 0.15) is 66.7 Å². The van der Waals surface area contributed by atoms with Gasteiger partial charge in [-0.2, -0.15) is 5.10 Å². The molecule has 1 aromatic heterocycles. The van der Waals surface area contributed by atoms with E-state index in [1.54, 1.807) is 10.9 Å². The molecule has 134 valence electrons. The number of aliphatic hydroxyl groups is 1. The second-order valence-electron chi connectivity index (χ2n) is 7.16. The van der Waals surface area contributed by atoms with Gasteiger partial charge >= 0.3 is 0 Å². The number of aryl methyl sites for hydroxylation is 2. The van der Waals surface area contributed by atoms with Gasteiger partial charge in [0.15, 0.2) is 0 Å². The van der Waals surface area contributed by atoms with Crippen molar-refractivity contribution in [1.29, 1.82) is 0 Å². The maximum absolute atomic E-state index is 12.7. The molecule has 2 N–H and O–H groups in total. The minimum absolute atomic E-state index is 0.167. The van der Waals surface area contributed by atoms with Crippen LogP contribution in [0.5, 0.6) is 0 Å². The van der Waals surface area contributed by atoms with Crippen molar-refractivity contribution < 1.29 is 9.90 Å². The Bertz CT molecular complexity index is 766. The summed E-state index contributed by atoms with van der Waals surface area (Å²) in [6, 6.07) is 7.97. The van der Waals surface area contributed by atoms with Crippen LogP contribution in [0.15, 0.2) is 30.5 Å². The van der Waals surface area contributed by atoms with Crippen LogP contribution in [0.25, 0.3) is 0 Å². The largest absolute Gasteiger partial charge is 0.383 e. The van der Waals surface area contributed by atoms with Gasteiger partial charge in [-0.15, -0.1) is 0 Å². The van der Waals surface area contributed by atoms with Crippen LogP contribution in [-0.2, 0) is 18.6 Å². The predicted octanol–water partition coefficient (Wildman–Crippen LogP) is 2.98. The SMILES string of the molecule is CCn1cc(C(=O)NCC2(O)CCCc3ccccc32)c(C(C)C)n1. The van der Waals surface area contributed by atoms with Crippen molar-refractivity contribution >= 4 is 5.91 Å². The summed E-state index contributed by atoms with van der Waals surface area (Å²) in [6.45, 7) is 7.01. The molecule has 1 amide bonds. The van der Waals surface area contributed by atoms with E-state index in [-0.39, 0.29) is 18.4 Å². The zero-order valence-electron chi connectivity index (χ0n) is 15.2. The number of carbonyl (C=O) groups excluding carboxylic acids is 1. The van der Waals surface area contributed by atoms with Crippen LogP contribution in [0.3, 0.4) is 0 Å². The fraction of sp³-hybridized carbons (Fsp3) is 0.500. The summed E-state index contributed by atoms with van der Waals surface area (Å²) >= 11 is 0. The van der Waals surface area contributed by atoms with E-state index in [2.05, 4.69) is 16.5 Å². The van der Waals surface area contributed by atoms with E-state index >= 15 is 0 Å². The van der Waals surface area contributed by atoms with E-state index < -0.39 is 5.60 Å². The molecule has 5 nitrogen and oxygen atoms in total. The normalized spacial score (nSPS) is 19.7. The number of amides is 1. The maximum Gasteiger partial charge on any atom is 0.254 e. The standard InChI is InChI=1S/C20H27N3O2/c1-4-23-12-16(18(22-23)14(2)3)19(24)21-13-20(25)11-7-9-15-8-5-6-10-17(15)20/h5-6,8,10,12,14,25H,4,7,9,11,13H2,1-3H3,(H,21,24). The van der Waals surface area contributed by atoms with E-state index in [9.17, 15) is 9.90 Å². The van der Waals surface area contributed by atoms with Crippen molar-refractivity contribution in [2.24, 2.45) is 0 Å². The molecule has 0 aliphatic heterocycles.